The van der Waals surface area contributed by atoms with Crippen molar-refractivity contribution in [2.45, 2.75) is 39.3 Å². The van der Waals surface area contributed by atoms with Gasteiger partial charge in [0.2, 0.25) is 0 Å². The van der Waals surface area contributed by atoms with E-state index in [1.807, 2.05) is 0 Å². The highest BCUT2D eigenvalue weighted by Gasteiger charge is 2.25. The van der Waals surface area contributed by atoms with Gasteiger partial charge in [-0.1, -0.05) is 157 Å². The van der Waals surface area contributed by atoms with Gasteiger partial charge in [-0.05, 0) is 22.3 Å². The van der Waals surface area contributed by atoms with Gasteiger partial charge in [-0.3, -0.25) is 0 Å². The lowest BCUT2D eigenvalue weighted by Gasteiger charge is -2.24. The molecule has 0 spiro atoms. The van der Waals surface area contributed by atoms with Crippen molar-refractivity contribution in [1.82, 2.24) is 0 Å². The first-order valence-electron chi connectivity index (χ1n) is 11.8. The molecular formula is C30H34Si3. The molecule has 0 heterocycles. The highest BCUT2D eigenvalue weighted by Crippen LogP contribution is 2.20. The van der Waals surface area contributed by atoms with Gasteiger partial charge >= 0.3 is 0 Å². The Morgan fingerprint density at radius 2 is 0.636 bits per heavy atom. The third-order valence-corrected chi connectivity index (χ3v) is 13.3. The molecule has 0 fully saturated rings. The molecule has 0 aliphatic rings. The van der Waals surface area contributed by atoms with E-state index in [4.69, 9.17) is 0 Å². The van der Waals surface area contributed by atoms with Crippen LogP contribution in [0.25, 0.3) is 22.3 Å². The minimum atomic E-state index is -1.74. The van der Waals surface area contributed by atoms with Gasteiger partial charge in [0.05, 0.1) is 17.6 Å². The molecule has 0 aliphatic heterocycles. The summed E-state index contributed by atoms with van der Waals surface area (Å²) in [4.78, 5) is 0. The second kappa shape index (κ2) is 9.80. The summed E-state index contributed by atoms with van der Waals surface area (Å²) < 4.78 is 0. The van der Waals surface area contributed by atoms with E-state index < -0.39 is 8.07 Å². The van der Waals surface area contributed by atoms with Crippen LogP contribution in [-0.2, 0) is 0 Å². The summed E-state index contributed by atoms with van der Waals surface area (Å²) in [5.41, 5.74) is 5.22. The molecule has 4 rings (SSSR count). The van der Waals surface area contributed by atoms with Crippen molar-refractivity contribution in [2.75, 3.05) is 0 Å². The fourth-order valence-corrected chi connectivity index (χ4v) is 8.32. The Kier molecular flexibility index (Phi) is 7.03. The van der Waals surface area contributed by atoms with Crippen LogP contribution in [0.15, 0.2) is 97.1 Å². The van der Waals surface area contributed by atoms with E-state index in [0.717, 1.165) is 0 Å². The molecule has 0 saturated carbocycles. The van der Waals surface area contributed by atoms with Crippen LogP contribution < -0.4 is 20.7 Å². The monoisotopic (exact) mass is 478 g/mol. The van der Waals surface area contributed by atoms with Crippen molar-refractivity contribution in [3.63, 3.8) is 0 Å². The SMILES string of the molecule is C[Si](C)c1ccc(-c2ccc([Si](C)(C)c3ccc(-c4ccc([Si](C)C)cc4)cc3)cc2)cc1. The van der Waals surface area contributed by atoms with E-state index in [2.05, 4.69) is 136 Å². The zero-order chi connectivity index (χ0) is 23.6. The molecule has 0 N–H and O–H groups in total. The van der Waals surface area contributed by atoms with Crippen molar-refractivity contribution in [3.05, 3.63) is 97.1 Å². The minimum Gasteiger partial charge on any atom is -0.0671 e. The van der Waals surface area contributed by atoms with Crippen molar-refractivity contribution in [3.8, 4) is 22.3 Å². The molecule has 4 aromatic rings. The van der Waals surface area contributed by atoms with Crippen LogP contribution in [0.4, 0.5) is 0 Å². The normalized spacial score (nSPS) is 11.9. The molecule has 0 amide bonds. The maximum absolute atomic E-state index is 2.46. The van der Waals surface area contributed by atoms with Crippen LogP contribution in [0.5, 0.6) is 0 Å². The van der Waals surface area contributed by atoms with Crippen LogP contribution in [0.3, 0.4) is 0 Å². The van der Waals surface area contributed by atoms with Gasteiger partial charge < -0.3 is 0 Å². The third kappa shape index (κ3) is 5.21. The Hall–Kier alpha value is -2.47. The lowest BCUT2D eigenvalue weighted by atomic mass is 10.1. The Bertz CT molecular complexity index is 1090. The highest BCUT2D eigenvalue weighted by molar-refractivity contribution is 7.00. The molecule has 33 heavy (non-hydrogen) atoms. The Balaban J connectivity index is 1.53. The van der Waals surface area contributed by atoms with Crippen LogP contribution in [0.1, 0.15) is 0 Å². The van der Waals surface area contributed by atoms with Gasteiger partial charge in [-0.2, -0.15) is 0 Å². The average Bonchev–Trinajstić information content (AvgIpc) is 2.84. The predicted molar refractivity (Wildman–Crippen MR) is 155 cm³/mol. The third-order valence-electron chi connectivity index (χ3n) is 6.80. The molecule has 0 atom stereocenters. The van der Waals surface area contributed by atoms with Gasteiger partial charge in [0, 0.05) is 0 Å². The minimum absolute atomic E-state index is 0.386. The topological polar surface area (TPSA) is 0 Å². The fourth-order valence-electron chi connectivity index (χ4n) is 4.32. The lowest BCUT2D eigenvalue weighted by molar-refractivity contribution is 1.62. The zero-order valence-electron chi connectivity index (χ0n) is 20.7. The molecule has 0 aliphatic carbocycles. The molecule has 3 heteroatoms. The first kappa shape index (κ1) is 23.7. The summed E-state index contributed by atoms with van der Waals surface area (Å²) in [6, 6.07) is 36.9. The molecule has 4 aromatic carbocycles. The molecule has 2 radical (unpaired) electrons. The average molecular weight is 479 g/mol. The Labute approximate surface area is 204 Å². The van der Waals surface area contributed by atoms with Gasteiger partial charge in [0.1, 0.15) is 8.07 Å². The van der Waals surface area contributed by atoms with Gasteiger partial charge in [-0.15, -0.1) is 0 Å². The quantitative estimate of drug-likeness (QED) is 0.309. The fraction of sp³-hybridized carbons (Fsp3) is 0.200. The second-order valence-electron chi connectivity index (χ2n) is 9.93. The van der Waals surface area contributed by atoms with E-state index >= 15 is 0 Å². The summed E-state index contributed by atoms with van der Waals surface area (Å²) >= 11 is 0. The van der Waals surface area contributed by atoms with Crippen molar-refractivity contribution in [1.29, 1.82) is 0 Å². The van der Waals surface area contributed by atoms with E-state index in [1.54, 1.807) is 0 Å². The molecule has 0 bridgehead atoms. The van der Waals surface area contributed by atoms with Crippen LogP contribution in [-0.4, -0.2) is 25.7 Å². The maximum Gasteiger partial charge on any atom is 0.112 e. The second-order valence-corrected chi connectivity index (χ2v) is 19.5. The van der Waals surface area contributed by atoms with E-state index in [1.165, 1.54) is 43.0 Å². The van der Waals surface area contributed by atoms with Crippen LogP contribution in [0, 0.1) is 0 Å². The smallest absolute Gasteiger partial charge is 0.0671 e. The van der Waals surface area contributed by atoms with Gasteiger partial charge in [-0.25, -0.2) is 0 Å². The largest absolute Gasteiger partial charge is 0.112 e. The molecule has 0 nitrogen and oxygen atoms in total. The first-order chi connectivity index (χ1) is 15.8. The van der Waals surface area contributed by atoms with Crippen LogP contribution >= 0.6 is 0 Å². The summed E-state index contributed by atoms with van der Waals surface area (Å²) in [6.45, 7) is 14.3. The Morgan fingerprint density at radius 1 is 0.394 bits per heavy atom. The maximum atomic E-state index is 2.46. The van der Waals surface area contributed by atoms with E-state index in [-0.39, 0.29) is 17.6 Å². The molecule has 0 saturated heterocycles. The van der Waals surface area contributed by atoms with Crippen molar-refractivity contribution < 1.29 is 0 Å². The summed E-state index contributed by atoms with van der Waals surface area (Å²) in [6.07, 6.45) is 0. The molecular weight excluding hydrogens is 445 g/mol. The molecule has 0 unspecified atom stereocenters. The van der Waals surface area contributed by atoms with E-state index in [0.29, 0.717) is 0 Å². The van der Waals surface area contributed by atoms with Gasteiger partial charge in [0.15, 0.2) is 0 Å². The Morgan fingerprint density at radius 3 is 0.879 bits per heavy atom. The van der Waals surface area contributed by atoms with Crippen LogP contribution in [0.2, 0.25) is 39.3 Å². The zero-order valence-corrected chi connectivity index (χ0v) is 23.7. The number of benzene rings is 4. The van der Waals surface area contributed by atoms with E-state index in [9.17, 15) is 0 Å². The van der Waals surface area contributed by atoms with Crippen molar-refractivity contribution >= 4 is 46.4 Å². The standard InChI is InChI=1S/C30H34Si3/c1-31(2)27-15-7-23(8-16-27)25-11-19-29(20-12-25)33(5,6)30-21-13-26(14-22-30)24-9-17-28(18-10-24)32(3)4/h7-22H,1-6H3. The number of rotatable bonds is 6. The van der Waals surface area contributed by atoms with Gasteiger partial charge in [0.25, 0.3) is 0 Å². The molecule has 166 valence electrons. The molecule has 0 aromatic heterocycles. The number of hydrogen-bond donors (Lipinski definition) is 0. The van der Waals surface area contributed by atoms with Crippen molar-refractivity contribution in [2.24, 2.45) is 0 Å². The highest BCUT2D eigenvalue weighted by atomic mass is 28.3. The summed E-state index contributed by atoms with van der Waals surface area (Å²) in [7, 11) is -2.51. The number of hydrogen-bond acceptors (Lipinski definition) is 0. The first-order valence-corrected chi connectivity index (χ1v) is 19.8. The summed E-state index contributed by atoms with van der Waals surface area (Å²) in [5, 5.41) is 5.95. The summed E-state index contributed by atoms with van der Waals surface area (Å²) in [5.74, 6) is 0. The lowest BCUT2D eigenvalue weighted by Crippen LogP contribution is -2.52. The predicted octanol–water partition coefficient (Wildman–Crippen LogP) is 5.77.